The van der Waals surface area contributed by atoms with E-state index >= 15 is 0 Å². The van der Waals surface area contributed by atoms with Gasteiger partial charge in [-0.2, -0.15) is 4.80 Å². The van der Waals surface area contributed by atoms with Gasteiger partial charge in [0.1, 0.15) is 12.4 Å². The summed E-state index contributed by atoms with van der Waals surface area (Å²) in [5, 5.41) is 14.8. The molecule has 1 N–H and O–H groups in total. The molecule has 2 aromatic rings. The van der Waals surface area contributed by atoms with Crippen LogP contribution in [0.25, 0.3) is 11.4 Å². The van der Waals surface area contributed by atoms with Gasteiger partial charge in [-0.25, -0.2) is 4.39 Å². The first-order valence-electron chi connectivity index (χ1n) is 8.42. The number of nitrogens with one attached hydrogen (secondary N) is 1. The van der Waals surface area contributed by atoms with E-state index < -0.39 is 0 Å². The molecule has 0 radical (unpaired) electrons. The minimum Gasteiger partial charge on any atom is -0.354 e. The van der Waals surface area contributed by atoms with Crippen molar-refractivity contribution in [2.75, 3.05) is 6.54 Å². The van der Waals surface area contributed by atoms with Crippen LogP contribution in [0.5, 0.6) is 0 Å². The highest BCUT2D eigenvalue weighted by Crippen LogP contribution is 2.14. The molecule has 0 saturated carbocycles. The van der Waals surface area contributed by atoms with E-state index in [2.05, 4.69) is 34.6 Å². The lowest BCUT2D eigenvalue weighted by molar-refractivity contribution is -0.122. The van der Waals surface area contributed by atoms with Crippen molar-refractivity contribution >= 4 is 5.91 Å². The summed E-state index contributed by atoms with van der Waals surface area (Å²) in [7, 11) is 0. The summed E-state index contributed by atoms with van der Waals surface area (Å²) in [4.78, 5) is 13.2. The number of unbranched alkanes of at least 4 members (excludes halogenated alkanes) is 1. The number of hydrogen-bond donors (Lipinski definition) is 1. The molecule has 0 spiro atoms. The zero-order valence-corrected chi connectivity index (χ0v) is 14.2. The zero-order valence-electron chi connectivity index (χ0n) is 14.2. The molecule has 1 heterocycles. The Kier molecular flexibility index (Phi) is 6.84. The highest BCUT2D eigenvalue weighted by Gasteiger charge is 2.12. The van der Waals surface area contributed by atoms with Gasteiger partial charge in [-0.1, -0.05) is 45.2 Å². The molecule has 0 unspecified atom stereocenters. The highest BCUT2D eigenvalue weighted by molar-refractivity contribution is 5.75. The number of tetrazole rings is 1. The third-order valence-electron chi connectivity index (χ3n) is 3.95. The molecule has 24 heavy (non-hydrogen) atoms. The number of aromatic nitrogens is 4. The van der Waals surface area contributed by atoms with Crippen LogP contribution in [-0.4, -0.2) is 32.7 Å². The Balaban J connectivity index is 1.86. The third kappa shape index (κ3) is 5.40. The number of benzene rings is 1. The van der Waals surface area contributed by atoms with Crippen molar-refractivity contribution < 1.29 is 9.18 Å². The van der Waals surface area contributed by atoms with Crippen molar-refractivity contribution in [3.05, 3.63) is 30.1 Å². The van der Waals surface area contributed by atoms with E-state index in [1.165, 1.54) is 23.4 Å². The predicted octanol–water partition coefficient (Wildman–Crippen LogP) is 2.81. The molecule has 0 aliphatic rings. The van der Waals surface area contributed by atoms with E-state index in [-0.39, 0.29) is 18.3 Å². The van der Waals surface area contributed by atoms with Crippen molar-refractivity contribution in [2.24, 2.45) is 5.92 Å². The summed E-state index contributed by atoms with van der Waals surface area (Å²) in [6.45, 7) is 4.97. The second-order valence-electron chi connectivity index (χ2n) is 5.87. The van der Waals surface area contributed by atoms with Crippen LogP contribution >= 0.6 is 0 Å². The van der Waals surface area contributed by atoms with Gasteiger partial charge in [0.2, 0.25) is 11.7 Å². The van der Waals surface area contributed by atoms with E-state index in [1.54, 1.807) is 12.1 Å². The Morgan fingerprint density at radius 2 is 2.21 bits per heavy atom. The highest BCUT2D eigenvalue weighted by atomic mass is 19.1. The molecule has 0 aliphatic carbocycles. The predicted molar refractivity (Wildman–Crippen MR) is 89.5 cm³/mol. The van der Waals surface area contributed by atoms with E-state index in [0.29, 0.717) is 23.9 Å². The first-order chi connectivity index (χ1) is 11.6. The van der Waals surface area contributed by atoms with Crippen LogP contribution in [0, 0.1) is 11.7 Å². The van der Waals surface area contributed by atoms with Gasteiger partial charge in [0.25, 0.3) is 0 Å². The topological polar surface area (TPSA) is 72.7 Å². The lowest BCUT2D eigenvalue weighted by Crippen LogP contribution is -2.32. The van der Waals surface area contributed by atoms with E-state index in [4.69, 9.17) is 0 Å². The molecule has 7 heteroatoms. The fraction of sp³-hybridized carbons (Fsp3) is 0.529. The van der Waals surface area contributed by atoms with Gasteiger partial charge in [0.05, 0.1) is 0 Å². The average molecular weight is 333 g/mol. The minimum absolute atomic E-state index is 0.00648. The van der Waals surface area contributed by atoms with Crippen molar-refractivity contribution in [1.82, 2.24) is 25.5 Å². The van der Waals surface area contributed by atoms with Crippen LogP contribution < -0.4 is 5.32 Å². The number of rotatable bonds is 9. The molecule has 0 saturated heterocycles. The van der Waals surface area contributed by atoms with E-state index in [0.717, 1.165) is 19.3 Å². The average Bonchev–Trinajstić information content (AvgIpc) is 3.03. The quantitative estimate of drug-likeness (QED) is 0.766. The van der Waals surface area contributed by atoms with Gasteiger partial charge in [0.15, 0.2) is 0 Å². The van der Waals surface area contributed by atoms with E-state index in [9.17, 15) is 9.18 Å². The first-order valence-corrected chi connectivity index (χ1v) is 8.42. The zero-order chi connectivity index (χ0) is 17.4. The van der Waals surface area contributed by atoms with Crippen LogP contribution in [-0.2, 0) is 11.3 Å². The molecule has 0 bridgehead atoms. The van der Waals surface area contributed by atoms with Crippen LogP contribution in [0.1, 0.15) is 39.5 Å². The molecule has 6 nitrogen and oxygen atoms in total. The molecular weight excluding hydrogens is 309 g/mol. The smallest absolute Gasteiger partial charge is 0.243 e. The summed E-state index contributed by atoms with van der Waals surface area (Å²) in [6.07, 6.45) is 4.51. The summed E-state index contributed by atoms with van der Waals surface area (Å²) >= 11 is 0. The molecule has 0 aliphatic heterocycles. The molecule has 1 aromatic carbocycles. The van der Waals surface area contributed by atoms with Gasteiger partial charge >= 0.3 is 0 Å². The van der Waals surface area contributed by atoms with Gasteiger partial charge in [-0.15, -0.1) is 10.2 Å². The Labute approximate surface area is 141 Å². The Morgan fingerprint density at radius 3 is 2.92 bits per heavy atom. The third-order valence-corrected chi connectivity index (χ3v) is 3.95. The monoisotopic (exact) mass is 333 g/mol. The van der Waals surface area contributed by atoms with Crippen molar-refractivity contribution in [1.29, 1.82) is 0 Å². The number of amides is 1. The Bertz CT molecular complexity index is 658. The number of hydrogen-bond acceptors (Lipinski definition) is 4. The second kappa shape index (κ2) is 9.10. The Hall–Kier alpha value is -2.31. The lowest BCUT2D eigenvalue weighted by atomic mass is 9.99. The van der Waals surface area contributed by atoms with E-state index in [1.807, 2.05) is 0 Å². The van der Waals surface area contributed by atoms with Crippen molar-refractivity contribution in [3.8, 4) is 11.4 Å². The second-order valence-corrected chi connectivity index (χ2v) is 5.87. The number of nitrogens with zero attached hydrogens (tertiary/aromatic N) is 4. The molecular formula is C17H24FN5O. The number of carbonyl (C=O) groups excluding carboxylic acids is 1. The Morgan fingerprint density at radius 1 is 1.38 bits per heavy atom. The largest absolute Gasteiger partial charge is 0.354 e. The summed E-state index contributed by atoms with van der Waals surface area (Å²) < 4.78 is 13.2. The van der Waals surface area contributed by atoms with Crippen molar-refractivity contribution in [3.63, 3.8) is 0 Å². The molecule has 1 atom stereocenters. The van der Waals surface area contributed by atoms with Gasteiger partial charge in [-0.3, -0.25) is 4.79 Å². The summed E-state index contributed by atoms with van der Waals surface area (Å²) in [6, 6.07) is 5.97. The molecule has 1 aromatic heterocycles. The van der Waals surface area contributed by atoms with Crippen LogP contribution in [0.2, 0.25) is 0 Å². The van der Waals surface area contributed by atoms with Gasteiger partial charge in [-0.05, 0) is 29.7 Å². The minimum atomic E-state index is -0.362. The lowest BCUT2D eigenvalue weighted by Gasteiger charge is -2.14. The van der Waals surface area contributed by atoms with Crippen LogP contribution in [0.3, 0.4) is 0 Å². The molecule has 1 amide bonds. The first kappa shape index (κ1) is 18.0. The standard InChI is InChI=1S/C17H24FN5O/c1-3-5-7-13(4-2)11-19-16(24)12-23-21-17(20-22-23)14-8-6-9-15(18)10-14/h6,8-10,13H,3-5,7,11-12H2,1-2H3,(H,19,24)/t13-/m0/s1. The maximum atomic E-state index is 13.2. The normalized spacial score (nSPS) is 12.1. The maximum Gasteiger partial charge on any atom is 0.243 e. The fourth-order valence-electron chi connectivity index (χ4n) is 2.44. The van der Waals surface area contributed by atoms with Crippen LogP contribution in [0.15, 0.2) is 24.3 Å². The van der Waals surface area contributed by atoms with Gasteiger partial charge < -0.3 is 5.32 Å². The SMILES string of the molecule is CCCC[C@H](CC)CNC(=O)Cn1nnc(-c2cccc(F)c2)n1. The fourth-order valence-corrected chi connectivity index (χ4v) is 2.44. The van der Waals surface area contributed by atoms with Crippen molar-refractivity contribution in [2.45, 2.75) is 46.1 Å². The van der Waals surface area contributed by atoms with Gasteiger partial charge in [0, 0.05) is 12.1 Å². The van der Waals surface area contributed by atoms with Crippen LogP contribution in [0.4, 0.5) is 4.39 Å². The maximum absolute atomic E-state index is 13.2. The molecule has 0 fully saturated rings. The molecule has 130 valence electrons. The number of halogens is 1. The summed E-state index contributed by atoms with van der Waals surface area (Å²) in [5.74, 6) is 0.296. The number of carbonyl (C=O) groups is 1. The molecule has 2 rings (SSSR count). The summed E-state index contributed by atoms with van der Waals surface area (Å²) in [5.41, 5.74) is 0.535.